The van der Waals surface area contributed by atoms with Crippen LogP contribution in [0.5, 0.6) is 5.75 Å². The Morgan fingerprint density at radius 3 is 2.82 bits per heavy atom. The van der Waals surface area contributed by atoms with Gasteiger partial charge in [-0.2, -0.15) is 0 Å². The van der Waals surface area contributed by atoms with Crippen molar-refractivity contribution in [2.75, 3.05) is 26.3 Å². The Morgan fingerprint density at radius 2 is 2.03 bits per heavy atom. The van der Waals surface area contributed by atoms with Gasteiger partial charge in [0.05, 0.1) is 19.8 Å². The predicted octanol–water partition coefficient (Wildman–Crippen LogP) is 2.00. The number of imide groups is 1. The number of fused-ring (bicyclic) bond motifs is 1. The van der Waals surface area contributed by atoms with Crippen LogP contribution in [-0.2, 0) is 34.0 Å². The molecule has 178 valence electrons. The van der Waals surface area contributed by atoms with E-state index in [0.29, 0.717) is 31.9 Å². The van der Waals surface area contributed by atoms with Crippen LogP contribution in [0.2, 0.25) is 0 Å². The van der Waals surface area contributed by atoms with E-state index in [1.165, 1.54) is 30.3 Å². The highest BCUT2D eigenvalue weighted by Gasteiger charge is 2.40. The molecule has 1 N–H and O–H groups in total. The van der Waals surface area contributed by atoms with E-state index in [1.807, 2.05) is 5.32 Å². The van der Waals surface area contributed by atoms with Gasteiger partial charge in [-0.3, -0.25) is 24.6 Å². The van der Waals surface area contributed by atoms with Crippen LogP contribution in [0.25, 0.3) is 0 Å². The molecule has 1 atom stereocenters. The summed E-state index contributed by atoms with van der Waals surface area (Å²) in [5.41, 5.74) is 0.688. The minimum absolute atomic E-state index is 0.105. The molecule has 2 aromatic rings. The highest BCUT2D eigenvalue weighted by Crippen LogP contribution is 2.34. The Kier molecular flexibility index (Phi) is 4.58. The summed E-state index contributed by atoms with van der Waals surface area (Å²) < 4.78 is 75.2. The number of benzene rings is 2. The molecule has 0 aliphatic carbocycles. The van der Waals surface area contributed by atoms with Crippen molar-refractivity contribution in [3.05, 3.63) is 64.5 Å². The number of halogens is 1. The largest absolute Gasteiger partial charge is 0.488 e. The molecule has 8 nitrogen and oxygen atoms in total. The van der Waals surface area contributed by atoms with Crippen LogP contribution >= 0.6 is 0 Å². The van der Waals surface area contributed by atoms with Gasteiger partial charge in [0.2, 0.25) is 11.8 Å². The first-order chi connectivity index (χ1) is 18.8. The SMILES string of the molecule is [2H]C([2H])(c1ccc(COc2cccc3c2CN(C2C(=O)NC(=O)C([2H])([2H])C2([2H])[2H])C3=O)c(F)c1)N1CCOCC1. The van der Waals surface area contributed by atoms with Crippen molar-refractivity contribution in [1.29, 1.82) is 0 Å². The third-order valence-electron chi connectivity index (χ3n) is 5.81. The lowest BCUT2D eigenvalue weighted by Crippen LogP contribution is -2.52. The lowest BCUT2D eigenvalue weighted by atomic mass is 10.0. The molecule has 3 heterocycles. The second-order valence-electron chi connectivity index (χ2n) is 8.01. The average Bonchev–Trinajstić information content (AvgIpc) is 3.23. The van der Waals surface area contributed by atoms with Gasteiger partial charge in [-0.25, -0.2) is 4.39 Å². The number of hydrogen-bond acceptors (Lipinski definition) is 6. The lowest BCUT2D eigenvalue weighted by molar-refractivity contribution is -0.136. The summed E-state index contributed by atoms with van der Waals surface area (Å²) >= 11 is 0. The number of hydrogen-bond donors (Lipinski definition) is 1. The Balaban J connectivity index is 1.34. The lowest BCUT2D eigenvalue weighted by Gasteiger charge is -2.29. The summed E-state index contributed by atoms with van der Waals surface area (Å²) in [5, 5.41) is 1.81. The topological polar surface area (TPSA) is 88.2 Å². The third-order valence-corrected chi connectivity index (χ3v) is 5.81. The van der Waals surface area contributed by atoms with Gasteiger partial charge in [-0.05, 0) is 30.1 Å². The number of rotatable bonds is 6. The van der Waals surface area contributed by atoms with Gasteiger partial charge >= 0.3 is 0 Å². The van der Waals surface area contributed by atoms with Crippen LogP contribution < -0.4 is 10.1 Å². The van der Waals surface area contributed by atoms with E-state index in [2.05, 4.69) is 0 Å². The Labute approximate surface area is 205 Å². The van der Waals surface area contributed by atoms with Crippen molar-refractivity contribution >= 4 is 17.7 Å². The minimum atomic E-state index is -3.07. The van der Waals surface area contributed by atoms with E-state index < -0.39 is 48.8 Å². The number of piperidine rings is 1. The third kappa shape index (κ3) is 4.53. The van der Waals surface area contributed by atoms with Crippen LogP contribution in [0.15, 0.2) is 36.4 Å². The predicted molar refractivity (Wildman–Crippen MR) is 119 cm³/mol. The zero-order valence-corrected chi connectivity index (χ0v) is 18.1. The fraction of sp³-hybridized carbons (Fsp3) is 0.400. The fourth-order valence-corrected chi connectivity index (χ4v) is 4.05. The van der Waals surface area contributed by atoms with Gasteiger partial charge < -0.3 is 14.4 Å². The summed E-state index contributed by atoms with van der Waals surface area (Å²) in [6.07, 6.45) is -6.08. The van der Waals surface area contributed by atoms with E-state index in [4.69, 9.17) is 17.7 Å². The maximum absolute atomic E-state index is 15.0. The molecule has 5 rings (SSSR count). The van der Waals surface area contributed by atoms with Crippen LogP contribution in [0.3, 0.4) is 0 Å². The molecule has 9 heteroatoms. The number of carbonyl (C=O) groups excluding carboxylic acids is 3. The Hall–Kier alpha value is -3.30. The monoisotopic (exact) mass is 473 g/mol. The van der Waals surface area contributed by atoms with Crippen molar-refractivity contribution < 1.29 is 36.5 Å². The summed E-state index contributed by atoms with van der Waals surface area (Å²) in [6, 6.07) is 6.58. The Morgan fingerprint density at radius 1 is 1.21 bits per heavy atom. The summed E-state index contributed by atoms with van der Waals surface area (Å²) in [4.78, 5) is 40.1. The minimum Gasteiger partial charge on any atom is -0.488 e. The van der Waals surface area contributed by atoms with Gasteiger partial charge in [0.1, 0.15) is 24.2 Å². The summed E-state index contributed by atoms with van der Waals surface area (Å²) in [7, 11) is 0. The van der Waals surface area contributed by atoms with Crippen molar-refractivity contribution in [1.82, 2.24) is 15.1 Å². The fourth-order valence-electron chi connectivity index (χ4n) is 4.05. The van der Waals surface area contributed by atoms with E-state index in [1.54, 1.807) is 4.90 Å². The summed E-state index contributed by atoms with van der Waals surface area (Å²) in [6.45, 7) is -0.942. The molecule has 1 unspecified atom stereocenters. The molecule has 3 aliphatic rings. The molecule has 0 radical (unpaired) electrons. The maximum atomic E-state index is 15.0. The molecule has 0 bridgehead atoms. The van der Waals surface area contributed by atoms with Crippen molar-refractivity contribution in [3.8, 4) is 5.75 Å². The van der Waals surface area contributed by atoms with Crippen LogP contribution in [-0.4, -0.2) is 59.9 Å². The molecular weight excluding hydrogens is 441 g/mol. The van der Waals surface area contributed by atoms with E-state index in [9.17, 15) is 14.4 Å². The number of amides is 3. The second kappa shape index (κ2) is 9.52. The van der Waals surface area contributed by atoms with Crippen LogP contribution in [0.4, 0.5) is 4.39 Å². The van der Waals surface area contributed by atoms with Gasteiger partial charge in [-0.1, -0.05) is 18.2 Å². The first kappa shape index (κ1) is 16.3. The smallest absolute Gasteiger partial charge is 0.255 e. The van der Waals surface area contributed by atoms with E-state index in [0.717, 1.165) is 11.0 Å². The zero-order chi connectivity index (χ0) is 29.0. The van der Waals surface area contributed by atoms with Crippen LogP contribution in [0, 0.1) is 5.82 Å². The summed E-state index contributed by atoms with van der Waals surface area (Å²) in [5.74, 6) is -3.79. The molecule has 0 saturated carbocycles. The molecule has 34 heavy (non-hydrogen) atoms. The second-order valence-corrected chi connectivity index (χ2v) is 8.01. The molecule has 2 fully saturated rings. The molecule has 3 amide bonds. The quantitative estimate of drug-likeness (QED) is 0.646. The number of nitrogens with zero attached hydrogens (tertiary/aromatic N) is 2. The molecular formula is C25H26FN3O5. The van der Waals surface area contributed by atoms with Crippen molar-refractivity contribution in [2.24, 2.45) is 0 Å². The van der Waals surface area contributed by atoms with Crippen molar-refractivity contribution in [3.63, 3.8) is 0 Å². The molecule has 0 spiro atoms. The highest BCUT2D eigenvalue weighted by molar-refractivity contribution is 6.05. The molecule has 2 aromatic carbocycles. The number of ether oxygens (including phenoxy) is 2. The van der Waals surface area contributed by atoms with Gasteiger partial charge in [-0.15, -0.1) is 0 Å². The zero-order valence-electron chi connectivity index (χ0n) is 24.1. The molecule has 0 aromatic heterocycles. The molecule has 2 saturated heterocycles. The molecule has 3 aliphatic heterocycles. The maximum Gasteiger partial charge on any atom is 0.255 e. The number of morpholine rings is 1. The van der Waals surface area contributed by atoms with Gasteiger partial charge in [0.15, 0.2) is 0 Å². The number of nitrogens with one attached hydrogen (secondary N) is 1. The highest BCUT2D eigenvalue weighted by atomic mass is 19.1. The van der Waals surface area contributed by atoms with E-state index in [-0.39, 0.29) is 35.6 Å². The normalized spacial score (nSPS) is 26.9. The average molecular weight is 474 g/mol. The van der Waals surface area contributed by atoms with Gasteiger partial charge in [0.25, 0.3) is 5.91 Å². The first-order valence-corrected chi connectivity index (χ1v) is 10.8. The van der Waals surface area contributed by atoms with Crippen LogP contribution in [0.1, 0.15) is 48.0 Å². The van der Waals surface area contributed by atoms with Crippen molar-refractivity contribution in [2.45, 2.75) is 38.4 Å². The first-order valence-electron chi connectivity index (χ1n) is 13.8. The van der Waals surface area contributed by atoms with Gasteiger partial charge in [0, 0.05) is 50.9 Å². The standard InChI is InChI=1S/C25H26FN3O5/c26-20-12-16(13-28-8-10-33-11-9-28)4-5-17(20)15-34-22-3-1-2-18-19(22)14-29(25(18)32)21-6-7-23(30)27-24(21)31/h1-5,12,21H,6-11,13-15H2,(H,27,30,31)/i6D2,7D2,13D2. The number of carbonyl (C=O) groups is 3. The Bertz CT molecular complexity index is 1380. The van der Waals surface area contributed by atoms with E-state index >= 15 is 4.39 Å².